The molecule has 0 radical (unpaired) electrons. The molecule has 1 N–H and O–H groups in total. The molecule has 0 bridgehead atoms. The highest BCUT2D eigenvalue weighted by molar-refractivity contribution is 5.02. The maximum absolute atomic E-state index is 11.8. The summed E-state index contributed by atoms with van der Waals surface area (Å²) >= 11 is 0. The van der Waals surface area contributed by atoms with Crippen LogP contribution < -0.4 is 16.6 Å². The molecule has 2 rings (SSSR count). The lowest BCUT2D eigenvalue weighted by Crippen LogP contribution is -2.39. The van der Waals surface area contributed by atoms with Crippen LogP contribution in [0, 0.1) is 0 Å². The van der Waals surface area contributed by atoms with Crippen LogP contribution in [0.4, 0.5) is 0 Å². The largest absolute Gasteiger partial charge is 0.330 e. The van der Waals surface area contributed by atoms with Crippen LogP contribution in [0.1, 0.15) is 18.4 Å². The summed E-state index contributed by atoms with van der Waals surface area (Å²) in [6.45, 7) is 3.75. The van der Waals surface area contributed by atoms with Gasteiger partial charge in [-0.2, -0.15) is 0 Å². The van der Waals surface area contributed by atoms with Crippen molar-refractivity contribution in [3.8, 4) is 0 Å². The van der Waals surface area contributed by atoms with Crippen LogP contribution in [0.3, 0.4) is 0 Å². The fourth-order valence-corrected chi connectivity index (χ4v) is 1.93. The van der Waals surface area contributed by atoms with E-state index in [1.54, 1.807) is 13.4 Å². The summed E-state index contributed by atoms with van der Waals surface area (Å²) in [5.41, 5.74) is 0.00770. The fourth-order valence-electron chi connectivity index (χ4n) is 1.93. The molecule has 0 saturated heterocycles. The van der Waals surface area contributed by atoms with Crippen LogP contribution in [0.5, 0.6) is 0 Å². The monoisotopic (exact) mass is 278 g/mol. The molecule has 0 spiro atoms. The summed E-state index contributed by atoms with van der Waals surface area (Å²) in [5, 5.41) is 11.0. The van der Waals surface area contributed by atoms with Gasteiger partial charge in [-0.1, -0.05) is 0 Å². The van der Waals surface area contributed by atoms with E-state index in [4.69, 9.17) is 0 Å². The maximum atomic E-state index is 11.8. The summed E-state index contributed by atoms with van der Waals surface area (Å²) in [7, 11) is 3.11. The van der Waals surface area contributed by atoms with E-state index in [1.165, 1.54) is 17.7 Å². The van der Waals surface area contributed by atoms with Gasteiger partial charge in [-0.3, -0.25) is 13.9 Å². The van der Waals surface area contributed by atoms with Crippen LogP contribution in [0.25, 0.3) is 0 Å². The van der Waals surface area contributed by atoms with Gasteiger partial charge in [-0.05, 0) is 6.92 Å². The van der Waals surface area contributed by atoms with E-state index in [1.807, 2.05) is 11.5 Å². The average Bonchev–Trinajstić information content (AvgIpc) is 2.89. The standard InChI is InChI=1S/C12H18N6O2/c1-4-18-8-14-15-10(18)7-13-6-9-5-11(19)17(3)12(20)16(9)2/h5,8,13H,4,6-7H2,1-3H3. The first kappa shape index (κ1) is 14.2. The molecule has 8 nitrogen and oxygen atoms in total. The van der Waals surface area contributed by atoms with Crippen molar-refractivity contribution >= 4 is 0 Å². The Hall–Kier alpha value is -2.22. The molecule has 0 saturated carbocycles. The highest BCUT2D eigenvalue weighted by atomic mass is 16.2. The molecule has 0 unspecified atom stereocenters. The summed E-state index contributed by atoms with van der Waals surface area (Å²) < 4.78 is 4.46. The third kappa shape index (κ3) is 2.69. The van der Waals surface area contributed by atoms with Crippen LogP contribution in [-0.2, 0) is 33.7 Å². The minimum Gasteiger partial charge on any atom is -0.317 e. The number of hydrogen-bond donors (Lipinski definition) is 1. The number of rotatable bonds is 5. The van der Waals surface area contributed by atoms with Crippen molar-refractivity contribution in [2.45, 2.75) is 26.6 Å². The molecule has 20 heavy (non-hydrogen) atoms. The first-order valence-corrected chi connectivity index (χ1v) is 6.38. The van der Waals surface area contributed by atoms with E-state index in [0.29, 0.717) is 18.8 Å². The Labute approximate surface area is 115 Å². The number of aryl methyl sites for hydroxylation is 1. The van der Waals surface area contributed by atoms with E-state index >= 15 is 0 Å². The third-order valence-corrected chi connectivity index (χ3v) is 3.25. The zero-order valence-corrected chi connectivity index (χ0v) is 11.8. The Morgan fingerprint density at radius 1 is 1.20 bits per heavy atom. The van der Waals surface area contributed by atoms with Gasteiger partial charge in [0.05, 0.1) is 6.54 Å². The quantitative estimate of drug-likeness (QED) is 0.757. The molecular weight excluding hydrogens is 260 g/mol. The van der Waals surface area contributed by atoms with Crippen LogP contribution in [0.15, 0.2) is 22.0 Å². The van der Waals surface area contributed by atoms with Gasteiger partial charge in [-0.15, -0.1) is 10.2 Å². The number of nitrogens with zero attached hydrogens (tertiary/aromatic N) is 5. The Balaban J connectivity index is 2.09. The van der Waals surface area contributed by atoms with Gasteiger partial charge in [0.15, 0.2) is 0 Å². The van der Waals surface area contributed by atoms with Gasteiger partial charge in [0.1, 0.15) is 12.2 Å². The first-order chi connectivity index (χ1) is 9.54. The van der Waals surface area contributed by atoms with Gasteiger partial charge < -0.3 is 9.88 Å². The number of aromatic nitrogens is 5. The van der Waals surface area contributed by atoms with Crippen molar-refractivity contribution in [2.75, 3.05) is 0 Å². The highest BCUT2D eigenvalue weighted by Gasteiger charge is 2.06. The highest BCUT2D eigenvalue weighted by Crippen LogP contribution is 1.96. The number of hydrogen-bond acceptors (Lipinski definition) is 5. The zero-order chi connectivity index (χ0) is 14.7. The lowest BCUT2D eigenvalue weighted by atomic mass is 10.3. The summed E-state index contributed by atoms with van der Waals surface area (Å²) in [6, 6.07) is 1.46. The number of nitrogens with one attached hydrogen (secondary N) is 1. The molecule has 2 aromatic heterocycles. The first-order valence-electron chi connectivity index (χ1n) is 6.38. The van der Waals surface area contributed by atoms with Gasteiger partial charge in [0.2, 0.25) is 0 Å². The minimum absolute atomic E-state index is 0.304. The van der Waals surface area contributed by atoms with Crippen molar-refractivity contribution in [2.24, 2.45) is 14.1 Å². The summed E-state index contributed by atoms with van der Waals surface area (Å²) in [6.07, 6.45) is 1.67. The third-order valence-electron chi connectivity index (χ3n) is 3.25. The predicted octanol–water partition coefficient (Wildman–Crippen LogP) is -1.01. The van der Waals surface area contributed by atoms with E-state index in [0.717, 1.165) is 16.9 Å². The topological polar surface area (TPSA) is 86.7 Å². The molecule has 0 fully saturated rings. The van der Waals surface area contributed by atoms with Crippen molar-refractivity contribution in [3.05, 3.63) is 44.8 Å². The molecule has 8 heteroatoms. The van der Waals surface area contributed by atoms with Gasteiger partial charge >= 0.3 is 5.69 Å². The average molecular weight is 278 g/mol. The van der Waals surface area contributed by atoms with Gasteiger partial charge in [0, 0.05) is 38.9 Å². The van der Waals surface area contributed by atoms with Gasteiger partial charge in [0.25, 0.3) is 5.56 Å². The molecule has 0 aliphatic rings. The predicted molar refractivity (Wildman–Crippen MR) is 73.2 cm³/mol. The second-order valence-electron chi connectivity index (χ2n) is 4.51. The summed E-state index contributed by atoms with van der Waals surface area (Å²) in [5.74, 6) is 0.821. The maximum Gasteiger partial charge on any atom is 0.330 e. The minimum atomic E-state index is -0.328. The van der Waals surface area contributed by atoms with Crippen molar-refractivity contribution in [1.82, 2.24) is 29.2 Å². The lowest BCUT2D eigenvalue weighted by Gasteiger charge is -2.10. The molecule has 0 aliphatic carbocycles. The van der Waals surface area contributed by atoms with Crippen molar-refractivity contribution in [1.29, 1.82) is 0 Å². The Kier molecular flexibility index (Phi) is 4.14. The molecule has 2 aromatic rings. The Morgan fingerprint density at radius 2 is 1.95 bits per heavy atom. The molecule has 108 valence electrons. The molecule has 0 atom stereocenters. The fraction of sp³-hybridized carbons (Fsp3) is 0.500. The lowest BCUT2D eigenvalue weighted by molar-refractivity contribution is 0.573. The van der Waals surface area contributed by atoms with E-state index in [-0.39, 0.29) is 11.2 Å². The molecule has 0 aliphatic heterocycles. The van der Waals surface area contributed by atoms with Crippen LogP contribution in [0.2, 0.25) is 0 Å². The molecule has 2 heterocycles. The Morgan fingerprint density at radius 3 is 2.65 bits per heavy atom. The smallest absolute Gasteiger partial charge is 0.317 e. The van der Waals surface area contributed by atoms with Crippen molar-refractivity contribution in [3.63, 3.8) is 0 Å². The Bertz CT molecular complexity index is 711. The van der Waals surface area contributed by atoms with Gasteiger partial charge in [-0.25, -0.2) is 4.79 Å². The molecular formula is C12H18N6O2. The SMILES string of the molecule is CCn1cnnc1CNCc1cc(=O)n(C)c(=O)n1C. The van der Waals surface area contributed by atoms with E-state index in [2.05, 4.69) is 15.5 Å². The molecule has 0 aromatic carbocycles. The van der Waals surface area contributed by atoms with E-state index < -0.39 is 0 Å². The van der Waals surface area contributed by atoms with E-state index in [9.17, 15) is 9.59 Å². The van der Waals surface area contributed by atoms with Crippen molar-refractivity contribution < 1.29 is 0 Å². The normalized spacial score (nSPS) is 10.9. The summed E-state index contributed by atoms with van der Waals surface area (Å²) in [4.78, 5) is 23.4. The molecule has 0 amide bonds. The van der Waals surface area contributed by atoms with Crippen LogP contribution in [-0.4, -0.2) is 23.9 Å². The second kappa shape index (κ2) is 5.83. The zero-order valence-electron chi connectivity index (χ0n) is 11.8. The van der Waals surface area contributed by atoms with Crippen LogP contribution >= 0.6 is 0 Å². The second-order valence-corrected chi connectivity index (χ2v) is 4.51.